The monoisotopic (exact) mass is 253 g/mol. The van der Waals surface area contributed by atoms with Crippen LogP contribution in [0.15, 0.2) is 18.2 Å². The minimum Gasteiger partial charge on any atom is -0.484 e. The number of halogens is 1. The van der Waals surface area contributed by atoms with E-state index in [1.165, 1.54) is 19.1 Å². The molecule has 1 N–H and O–H groups in total. The summed E-state index contributed by atoms with van der Waals surface area (Å²) in [6.07, 6.45) is 0. The van der Waals surface area contributed by atoms with E-state index in [1.54, 1.807) is 0 Å². The van der Waals surface area contributed by atoms with Crippen molar-refractivity contribution >= 4 is 11.7 Å². The smallest absolute Gasteiger partial charge is 0.258 e. The highest BCUT2D eigenvalue weighted by Crippen LogP contribution is 2.16. The van der Waals surface area contributed by atoms with Crippen LogP contribution in [0.5, 0.6) is 5.75 Å². The van der Waals surface area contributed by atoms with E-state index in [0.717, 1.165) is 6.07 Å². The van der Waals surface area contributed by atoms with Gasteiger partial charge in [0.25, 0.3) is 5.91 Å². The maximum Gasteiger partial charge on any atom is 0.258 e. The van der Waals surface area contributed by atoms with Crippen molar-refractivity contribution in [3.05, 3.63) is 29.6 Å². The van der Waals surface area contributed by atoms with Gasteiger partial charge in [0.1, 0.15) is 11.6 Å². The number of benzene rings is 1. The molecule has 0 aliphatic heterocycles. The number of amides is 1. The molecule has 0 saturated carbocycles. The minimum absolute atomic E-state index is 0.00832. The van der Waals surface area contributed by atoms with Gasteiger partial charge in [-0.05, 0) is 32.9 Å². The zero-order valence-corrected chi connectivity index (χ0v) is 10.6. The van der Waals surface area contributed by atoms with Crippen LogP contribution in [0.1, 0.15) is 31.1 Å². The summed E-state index contributed by atoms with van der Waals surface area (Å²) in [5, 5.41) is 2.65. The standard InChI is InChI=1S/C13H16FNO3/c1-8(2)15-13(17)7-18-10-4-5-11(9(3)16)12(14)6-10/h4-6,8H,7H2,1-3H3,(H,15,17). The van der Waals surface area contributed by atoms with Gasteiger partial charge in [0.2, 0.25) is 0 Å². The maximum atomic E-state index is 13.4. The lowest BCUT2D eigenvalue weighted by Gasteiger charge is -2.10. The van der Waals surface area contributed by atoms with Crippen LogP contribution in [0.4, 0.5) is 4.39 Å². The van der Waals surface area contributed by atoms with Gasteiger partial charge in [-0.3, -0.25) is 9.59 Å². The molecule has 0 aliphatic carbocycles. The summed E-state index contributed by atoms with van der Waals surface area (Å²) >= 11 is 0. The van der Waals surface area contributed by atoms with Gasteiger partial charge in [0.05, 0.1) is 5.56 Å². The fourth-order valence-electron chi connectivity index (χ4n) is 1.38. The fraction of sp³-hybridized carbons (Fsp3) is 0.385. The van der Waals surface area contributed by atoms with Crippen LogP contribution >= 0.6 is 0 Å². The summed E-state index contributed by atoms with van der Waals surface area (Å²) in [5.74, 6) is -1.06. The topological polar surface area (TPSA) is 55.4 Å². The van der Waals surface area contributed by atoms with Crippen LogP contribution < -0.4 is 10.1 Å². The van der Waals surface area contributed by atoms with Crippen molar-refractivity contribution in [2.75, 3.05) is 6.61 Å². The summed E-state index contributed by atoms with van der Waals surface area (Å²) < 4.78 is 18.6. The van der Waals surface area contributed by atoms with Crippen molar-refractivity contribution in [3.63, 3.8) is 0 Å². The van der Waals surface area contributed by atoms with Gasteiger partial charge in [-0.2, -0.15) is 0 Å². The minimum atomic E-state index is -0.649. The third kappa shape index (κ3) is 4.16. The Morgan fingerprint density at radius 1 is 1.39 bits per heavy atom. The maximum absolute atomic E-state index is 13.4. The highest BCUT2D eigenvalue weighted by molar-refractivity contribution is 5.94. The van der Waals surface area contributed by atoms with Gasteiger partial charge in [0, 0.05) is 12.1 Å². The predicted molar refractivity (Wildman–Crippen MR) is 65.2 cm³/mol. The third-order valence-corrected chi connectivity index (χ3v) is 2.14. The largest absolute Gasteiger partial charge is 0.484 e. The fourth-order valence-corrected chi connectivity index (χ4v) is 1.38. The predicted octanol–water partition coefficient (Wildman–Crippen LogP) is 1.93. The molecule has 1 aromatic rings. The molecule has 0 aromatic heterocycles. The third-order valence-electron chi connectivity index (χ3n) is 2.14. The first-order valence-corrected chi connectivity index (χ1v) is 5.62. The Morgan fingerprint density at radius 2 is 2.06 bits per heavy atom. The SMILES string of the molecule is CC(=O)c1ccc(OCC(=O)NC(C)C)cc1F. The molecule has 1 aromatic carbocycles. The van der Waals surface area contributed by atoms with Crippen LogP contribution in [0.25, 0.3) is 0 Å². The number of rotatable bonds is 5. The lowest BCUT2D eigenvalue weighted by molar-refractivity contribution is -0.123. The molecule has 0 saturated heterocycles. The Kier molecular flexibility index (Phi) is 4.83. The molecule has 0 fully saturated rings. The molecule has 0 unspecified atom stereocenters. The second-order valence-electron chi connectivity index (χ2n) is 4.21. The number of ether oxygens (including phenoxy) is 1. The summed E-state index contributed by atoms with van der Waals surface area (Å²) in [4.78, 5) is 22.3. The Balaban J connectivity index is 2.61. The first-order valence-electron chi connectivity index (χ1n) is 5.62. The van der Waals surface area contributed by atoms with Gasteiger partial charge < -0.3 is 10.1 Å². The number of ketones is 1. The van der Waals surface area contributed by atoms with Crippen LogP contribution in [0.3, 0.4) is 0 Å². The van der Waals surface area contributed by atoms with Gasteiger partial charge >= 0.3 is 0 Å². The molecule has 98 valence electrons. The number of carbonyl (C=O) groups is 2. The summed E-state index contributed by atoms with van der Waals surface area (Å²) in [5.41, 5.74) is 0.00832. The summed E-state index contributed by atoms with van der Waals surface area (Å²) in [7, 11) is 0. The average Bonchev–Trinajstić information content (AvgIpc) is 2.25. The Hall–Kier alpha value is -1.91. The van der Waals surface area contributed by atoms with Gasteiger partial charge in [-0.25, -0.2) is 4.39 Å². The molecule has 0 aliphatic rings. The van der Waals surface area contributed by atoms with Gasteiger partial charge in [0.15, 0.2) is 12.4 Å². The van der Waals surface area contributed by atoms with E-state index in [2.05, 4.69) is 5.32 Å². The zero-order valence-electron chi connectivity index (χ0n) is 10.6. The van der Waals surface area contributed by atoms with Crippen LogP contribution in [-0.2, 0) is 4.79 Å². The molecule has 18 heavy (non-hydrogen) atoms. The van der Waals surface area contributed by atoms with E-state index >= 15 is 0 Å². The van der Waals surface area contributed by atoms with E-state index in [-0.39, 0.29) is 35.7 Å². The number of Topliss-reactive ketones (excluding diaryl/α,β-unsaturated/α-hetero) is 1. The molecule has 5 heteroatoms. The van der Waals surface area contributed by atoms with Gasteiger partial charge in [-0.1, -0.05) is 0 Å². The number of nitrogens with one attached hydrogen (secondary N) is 1. The molecule has 0 atom stereocenters. The molecule has 1 amide bonds. The summed E-state index contributed by atoms with van der Waals surface area (Å²) in [6, 6.07) is 3.92. The highest BCUT2D eigenvalue weighted by Gasteiger charge is 2.09. The quantitative estimate of drug-likeness (QED) is 0.816. The first kappa shape index (κ1) is 14.2. The van der Waals surface area contributed by atoms with E-state index in [1.807, 2.05) is 13.8 Å². The van der Waals surface area contributed by atoms with Crippen LogP contribution in [0, 0.1) is 5.82 Å². The lowest BCUT2D eigenvalue weighted by atomic mass is 10.1. The molecular formula is C13H16FNO3. The Labute approximate surface area is 105 Å². The molecule has 0 radical (unpaired) electrons. The summed E-state index contributed by atoms with van der Waals surface area (Å²) in [6.45, 7) is 4.77. The van der Waals surface area contributed by atoms with Crippen molar-refractivity contribution in [1.29, 1.82) is 0 Å². The van der Waals surface area contributed by atoms with Crippen molar-refractivity contribution < 1.29 is 18.7 Å². The Morgan fingerprint density at radius 3 is 2.56 bits per heavy atom. The van der Waals surface area contributed by atoms with Crippen LogP contribution in [-0.4, -0.2) is 24.3 Å². The molecule has 1 rings (SSSR count). The molecule has 0 bridgehead atoms. The van der Waals surface area contributed by atoms with E-state index in [0.29, 0.717) is 0 Å². The van der Waals surface area contributed by atoms with E-state index in [9.17, 15) is 14.0 Å². The Bertz CT molecular complexity index is 458. The van der Waals surface area contributed by atoms with Crippen molar-refractivity contribution in [2.45, 2.75) is 26.8 Å². The lowest BCUT2D eigenvalue weighted by Crippen LogP contribution is -2.34. The number of hydrogen-bond acceptors (Lipinski definition) is 3. The van der Waals surface area contributed by atoms with Crippen molar-refractivity contribution in [2.24, 2.45) is 0 Å². The van der Waals surface area contributed by atoms with Gasteiger partial charge in [-0.15, -0.1) is 0 Å². The normalized spacial score (nSPS) is 10.3. The highest BCUT2D eigenvalue weighted by atomic mass is 19.1. The van der Waals surface area contributed by atoms with Crippen molar-refractivity contribution in [3.8, 4) is 5.75 Å². The molecule has 0 heterocycles. The second kappa shape index (κ2) is 6.14. The first-order chi connectivity index (χ1) is 8.40. The number of hydrogen-bond donors (Lipinski definition) is 1. The van der Waals surface area contributed by atoms with E-state index < -0.39 is 5.82 Å². The van der Waals surface area contributed by atoms with Crippen LogP contribution in [0.2, 0.25) is 0 Å². The average molecular weight is 253 g/mol. The molecule has 0 spiro atoms. The molecule has 4 nitrogen and oxygen atoms in total. The second-order valence-corrected chi connectivity index (χ2v) is 4.21. The number of carbonyl (C=O) groups excluding carboxylic acids is 2. The molecular weight excluding hydrogens is 237 g/mol. The van der Waals surface area contributed by atoms with E-state index in [4.69, 9.17) is 4.74 Å². The van der Waals surface area contributed by atoms with Crippen molar-refractivity contribution in [1.82, 2.24) is 5.32 Å². The zero-order chi connectivity index (χ0) is 13.7.